The van der Waals surface area contributed by atoms with Crippen molar-refractivity contribution in [3.63, 3.8) is 0 Å². The molecule has 1 unspecified atom stereocenters. The number of halogens is 2. The van der Waals surface area contributed by atoms with E-state index >= 15 is 0 Å². The molecule has 0 bridgehead atoms. The molecule has 2 nitrogen and oxygen atoms in total. The standard InChI is InChI=1S/C21H14BrClO2S/c1-25-18-10-6-14-12-15(22)8-9-17(14)20(18)21-16-5-3-2-4-13(16)7-11-19(21)26(23)24/h2-12H,1H3. The van der Waals surface area contributed by atoms with Crippen LogP contribution in [0.1, 0.15) is 0 Å². The summed E-state index contributed by atoms with van der Waals surface area (Å²) in [7, 11) is 6.05. The van der Waals surface area contributed by atoms with Gasteiger partial charge >= 0.3 is 0 Å². The fraction of sp³-hybridized carbons (Fsp3) is 0.0476. The molecule has 0 spiro atoms. The largest absolute Gasteiger partial charge is 0.496 e. The lowest BCUT2D eigenvalue weighted by Crippen LogP contribution is -1.95. The lowest BCUT2D eigenvalue weighted by atomic mass is 9.93. The van der Waals surface area contributed by atoms with Crippen molar-refractivity contribution in [1.82, 2.24) is 0 Å². The van der Waals surface area contributed by atoms with Crippen molar-refractivity contribution in [3.05, 3.63) is 71.2 Å². The zero-order valence-electron chi connectivity index (χ0n) is 13.8. The van der Waals surface area contributed by atoms with Gasteiger partial charge < -0.3 is 4.74 Å². The Hall–Kier alpha value is -1.88. The fourth-order valence-corrected chi connectivity index (χ4v) is 4.66. The van der Waals surface area contributed by atoms with Gasteiger partial charge in [0.05, 0.1) is 12.0 Å². The summed E-state index contributed by atoms with van der Waals surface area (Å²) in [6, 6.07) is 21.8. The lowest BCUT2D eigenvalue weighted by molar-refractivity contribution is 0.417. The first kappa shape index (κ1) is 17.5. The van der Waals surface area contributed by atoms with Crippen LogP contribution in [0.5, 0.6) is 5.75 Å². The Labute approximate surface area is 166 Å². The fourth-order valence-electron chi connectivity index (χ4n) is 3.35. The highest BCUT2D eigenvalue weighted by Gasteiger charge is 2.19. The number of benzene rings is 4. The average molecular weight is 446 g/mol. The molecular weight excluding hydrogens is 432 g/mol. The van der Waals surface area contributed by atoms with Gasteiger partial charge in [-0.2, -0.15) is 0 Å². The summed E-state index contributed by atoms with van der Waals surface area (Å²) < 4.78 is 19.0. The maximum Gasteiger partial charge on any atom is 0.148 e. The molecular formula is C21H14BrClO2S. The molecule has 0 aliphatic heterocycles. The van der Waals surface area contributed by atoms with E-state index in [1.54, 1.807) is 7.11 Å². The first-order valence-corrected chi connectivity index (χ1v) is 10.7. The van der Waals surface area contributed by atoms with Crippen LogP contribution >= 0.6 is 26.6 Å². The summed E-state index contributed by atoms with van der Waals surface area (Å²) in [6.07, 6.45) is 0. The Morgan fingerprint density at radius 2 is 1.62 bits per heavy atom. The molecule has 5 heteroatoms. The molecule has 0 heterocycles. The minimum Gasteiger partial charge on any atom is -0.496 e. The molecule has 0 saturated heterocycles. The van der Waals surface area contributed by atoms with Gasteiger partial charge in [0.2, 0.25) is 0 Å². The average Bonchev–Trinajstić information content (AvgIpc) is 2.66. The summed E-state index contributed by atoms with van der Waals surface area (Å²) in [5.74, 6) is 0.722. The molecule has 0 aliphatic carbocycles. The highest BCUT2D eigenvalue weighted by Crippen LogP contribution is 2.44. The highest BCUT2D eigenvalue weighted by molar-refractivity contribution is 9.10. The first-order chi connectivity index (χ1) is 12.6. The van der Waals surface area contributed by atoms with Crippen molar-refractivity contribution in [1.29, 1.82) is 0 Å². The van der Waals surface area contributed by atoms with E-state index < -0.39 is 10.0 Å². The van der Waals surface area contributed by atoms with Gasteiger partial charge in [0.25, 0.3) is 0 Å². The zero-order chi connectivity index (χ0) is 18.3. The topological polar surface area (TPSA) is 26.3 Å². The van der Waals surface area contributed by atoms with Gasteiger partial charge in [-0.3, -0.25) is 0 Å². The summed E-state index contributed by atoms with van der Waals surface area (Å²) in [6.45, 7) is 0. The van der Waals surface area contributed by atoms with E-state index in [1.807, 2.05) is 60.7 Å². The molecule has 0 N–H and O–H groups in total. The van der Waals surface area contributed by atoms with Gasteiger partial charge in [0, 0.05) is 15.6 Å². The monoisotopic (exact) mass is 444 g/mol. The van der Waals surface area contributed by atoms with Crippen LogP contribution < -0.4 is 4.74 Å². The molecule has 0 saturated carbocycles. The maximum absolute atomic E-state index is 12.3. The molecule has 4 rings (SSSR count). The van der Waals surface area contributed by atoms with Crippen molar-refractivity contribution >= 4 is 58.2 Å². The predicted octanol–water partition coefficient (Wildman–Crippen LogP) is 6.69. The molecule has 130 valence electrons. The Morgan fingerprint density at radius 3 is 2.38 bits per heavy atom. The minimum atomic E-state index is -1.65. The van der Waals surface area contributed by atoms with Crippen molar-refractivity contribution in [2.24, 2.45) is 0 Å². The Morgan fingerprint density at radius 1 is 0.885 bits per heavy atom. The number of hydrogen-bond donors (Lipinski definition) is 0. The Balaban J connectivity index is 2.23. The molecule has 26 heavy (non-hydrogen) atoms. The van der Waals surface area contributed by atoms with Gasteiger partial charge in [-0.05, 0) is 56.5 Å². The third-order valence-corrected chi connectivity index (χ3v) is 6.16. The van der Waals surface area contributed by atoms with Gasteiger partial charge in [-0.15, -0.1) is 0 Å². The second-order valence-electron chi connectivity index (χ2n) is 5.89. The zero-order valence-corrected chi connectivity index (χ0v) is 17.0. The van der Waals surface area contributed by atoms with E-state index in [0.29, 0.717) is 4.90 Å². The quantitative estimate of drug-likeness (QED) is 0.328. The van der Waals surface area contributed by atoms with Crippen molar-refractivity contribution < 1.29 is 8.95 Å². The van der Waals surface area contributed by atoms with E-state index in [-0.39, 0.29) is 0 Å². The van der Waals surface area contributed by atoms with Crippen molar-refractivity contribution in [2.45, 2.75) is 4.90 Å². The number of fused-ring (bicyclic) bond motifs is 2. The van der Waals surface area contributed by atoms with Crippen LogP contribution in [0.4, 0.5) is 0 Å². The second kappa shape index (κ2) is 7.03. The SMILES string of the molecule is COc1ccc2cc(Br)ccc2c1-c1c(S(=O)Cl)ccc2ccccc12. The molecule has 0 radical (unpaired) electrons. The van der Waals surface area contributed by atoms with Crippen LogP contribution in [0, 0.1) is 0 Å². The summed E-state index contributed by atoms with van der Waals surface area (Å²) in [5, 5.41) is 4.14. The van der Waals surface area contributed by atoms with Gasteiger partial charge in [-0.1, -0.05) is 58.4 Å². The summed E-state index contributed by atoms with van der Waals surface area (Å²) >= 11 is 3.53. The molecule has 0 aromatic heterocycles. The molecule has 0 amide bonds. The lowest BCUT2D eigenvalue weighted by Gasteiger charge is -2.17. The number of ether oxygens (including phenoxy) is 1. The first-order valence-electron chi connectivity index (χ1n) is 7.96. The summed E-state index contributed by atoms with van der Waals surface area (Å²) in [4.78, 5) is 0.582. The van der Waals surface area contributed by atoms with E-state index in [1.165, 1.54) is 0 Å². The Bertz CT molecular complexity index is 1170. The van der Waals surface area contributed by atoms with Gasteiger partial charge in [0.1, 0.15) is 15.8 Å². The minimum absolute atomic E-state index is 0.582. The number of hydrogen-bond acceptors (Lipinski definition) is 2. The number of rotatable bonds is 3. The van der Waals surface area contributed by atoms with E-state index in [2.05, 4.69) is 22.0 Å². The molecule has 0 aliphatic rings. The van der Waals surface area contributed by atoms with Crippen LogP contribution in [-0.4, -0.2) is 11.3 Å². The molecule has 0 fully saturated rings. The van der Waals surface area contributed by atoms with Crippen LogP contribution in [0.15, 0.2) is 76.1 Å². The summed E-state index contributed by atoms with van der Waals surface area (Å²) in [5.41, 5.74) is 1.75. The van der Waals surface area contributed by atoms with Crippen LogP contribution in [-0.2, 0) is 10.0 Å². The van der Waals surface area contributed by atoms with Gasteiger partial charge in [-0.25, -0.2) is 4.21 Å². The van der Waals surface area contributed by atoms with E-state index in [9.17, 15) is 4.21 Å². The number of methoxy groups -OCH3 is 1. The third-order valence-electron chi connectivity index (χ3n) is 4.48. The third kappa shape index (κ3) is 2.92. The normalized spacial score (nSPS) is 12.4. The Kier molecular flexibility index (Phi) is 4.74. The maximum atomic E-state index is 12.3. The van der Waals surface area contributed by atoms with Gasteiger partial charge in [0.15, 0.2) is 0 Å². The van der Waals surface area contributed by atoms with E-state index in [0.717, 1.165) is 42.9 Å². The van der Waals surface area contributed by atoms with Crippen LogP contribution in [0.2, 0.25) is 0 Å². The van der Waals surface area contributed by atoms with Crippen molar-refractivity contribution in [3.8, 4) is 16.9 Å². The predicted molar refractivity (Wildman–Crippen MR) is 113 cm³/mol. The van der Waals surface area contributed by atoms with Crippen LogP contribution in [0.3, 0.4) is 0 Å². The van der Waals surface area contributed by atoms with Crippen molar-refractivity contribution in [2.75, 3.05) is 7.11 Å². The molecule has 1 atom stereocenters. The van der Waals surface area contributed by atoms with Crippen LogP contribution in [0.25, 0.3) is 32.7 Å². The van der Waals surface area contributed by atoms with E-state index in [4.69, 9.17) is 15.4 Å². The smallest absolute Gasteiger partial charge is 0.148 e. The molecule has 4 aromatic carbocycles. The highest BCUT2D eigenvalue weighted by atomic mass is 79.9. The molecule has 4 aromatic rings. The second-order valence-corrected chi connectivity index (χ2v) is 8.53.